The van der Waals surface area contributed by atoms with Gasteiger partial charge in [-0.2, -0.15) is 10.5 Å². The fourth-order valence-electron chi connectivity index (χ4n) is 2.39. The van der Waals surface area contributed by atoms with Crippen molar-refractivity contribution >= 4 is 5.82 Å². The molecule has 2 aromatic rings. The zero-order valence-electron chi connectivity index (χ0n) is 13.4. The maximum Gasteiger partial charge on any atom is 0.268 e. The van der Waals surface area contributed by atoms with Gasteiger partial charge in [0.2, 0.25) is 0 Å². The summed E-state index contributed by atoms with van der Waals surface area (Å²) in [5, 5.41) is 18.6. The summed E-state index contributed by atoms with van der Waals surface area (Å²) in [6, 6.07) is 10.7. The van der Waals surface area contributed by atoms with Gasteiger partial charge in [-0.15, -0.1) is 0 Å². The Morgan fingerprint density at radius 2 is 1.79 bits per heavy atom. The highest BCUT2D eigenvalue weighted by Gasteiger charge is 2.17. The topological polar surface area (TPSA) is 116 Å². The minimum Gasteiger partial charge on any atom is -0.494 e. The highest BCUT2D eigenvalue weighted by molar-refractivity contribution is 5.80. The lowest BCUT2D eigenvalue weighted by Gasteiger charge is -2.10. The van der Waals surface area contributed by atoms with E-state index in [1.54, 1.807) is 24.3 Å². The van der Waals surface area contributed by atoms with Crippen molar-refractivity contribution in [2.45, 2.75) is 26.2 Å². The Morgan fingerprint density at radius 3 is 2.38 bits per heavy atom. The van der Waals surface area contributed by atoms with E-state index in [0.717, 1.165) is 19.3 Å². The molecule has 1 heterocycles. The number of H-pyrrole nitrogens is 1. The van der Waals surface area contributed by atoms with Crippen LogP contribution in [0.1, 0.15) is 37.3 Å². The van der Waals surface area contributed by atoms with Gasteiger partial charge in [0.05, 0.1) is 6.61 Å². The highest BCUT2D eigenvalue weighted by atomic mass is 16.5. The first-order chi connectivity index (χ1) is 11.6. The summed E-state index contributed by atoms with van der Waals surface area (Å²) in [7, 11) is 0. The maximum atomic E-state index is 11.9. The van der Waals surface area contributed by atoms with Crippen LogP contribution in [0, 0.1) is 22.7 Å². The van der Waals surface area contributed by atoms with Gasteiger partial charge in [-0.1, -0.05) is 31.9 Å². The summed E-state index contributed by atoms with van der Waals surface area (Å²) in [5.74, 6) is 0.654. The second kappa shape index (κ2) is 7.85. The number of nitrogen functional groups attached to an aromatic ring is 1. The van der Waals surface area contributed by atoms with Crippen LogP contribution in [0.15, 0.2) is 29.1 Å². The van der Waals surface area contributed by atoms with E-state index in [1.807, 2.05) is 12.1 Å². The number of unbranched alkanes of at least 4 members (excludes halogenated alkanes) is 2. The van der Waals surface area contributed by atoms with Crippen LogP contribution in [-0.4, -0.2) is 11.6 Å². The van der Waals surface area contributed by atoms with Crippen molar-refractivity contribution in [3.63, 3.8) is 0 Å². The predicted octanol–water partition coefficient (Wildman–Crippen LogP) is 2.94. The molecule has 1 aromatic heterocycles. The van der Waals surface area contributed by atoms with Crippen LogP contribution in [0.5, 0.6) is 5.75 Å². The SMILES string of the molecule is CCCCCOc1ccc(-c2c(C#N)c(N)[nH]c(=O)c2C#N)cc1. The van der Waals surface area contributed by atoms with Crippen LogP contribution < -0.4 is 16.0 Å². The maximum absolute atomic E-state index is 11.9. The number of anilines is 1. The minimum atomic E-state index is -0.608. The number of hydrogen-bond acceptors (Lipinski definition) is 5. The molecular weight excluding hydrogens is 304 g/mol. The van der Waals surface area contributed by atoms with Gasteiger partial charge >= 0.3 is 0 Å². The molecule has 0 amide bonds. The van der Waals surface area contributed by atoms with E-state index < -0.39 is 5.56 Å². The third-order valence-electron chi connectivity index (χ3n) is 3.63. The zero-order valence-corrected chi connectivity index (χ0v) is 13.4. The molecular formula is C18H18N4O2. The molecule has 1 aromatic carbocycles. The quantitative estimate of drug-likeness (QED) is 0.793. The number of nitrogens with one attached hydrogen (secondary N) is 1. The molecule has 0 fully saturated rings. The Labute approximate surface area is 140 Å². The van der Waals surface area contributed by atoms with Gasteiger partial charge in [0.1, 0.15) is 34.8 Å². The average Bonchev–Trinajstić information content (AvgIpc) is 2.59. The van der Waals surface area contributed by atoms with E-state index in [9.17, 15) is 15.3 Å². The number of pyridine rings is 1. The van der Waals surface area contributed by atoms with Crippen molar-refractivity contribution in [3.05, 3.63) is 45.7 Å². The summed E-state index contributed by atoms with van der Waals surface area (Å²) in [6.07, 6.45) is 3.22. The zero-order chi connectivity index (χ0) is 17.5. The Kier molecular flexibility index (Phi) is 5.59. The normalized spacial score (nSPS) is 9.96. The molecule has 122 valence electrons. The minimum absolute atomic E-state index is 0.0450. The van der Waals surface area contributed by atoms with Crippen LogP contribution >= 0.6 is 0 Å². The summed E-state index contributed by atoms with van der Waals surface area (Å²) in [6.45, 7) is 2.76. The van der Waals surface area contributed by atoms with Gasteiger partial charge in [0.15, 0.2) is 0 Å². The molecule has 0 unspecified atom stereocenters. The van der Waals surface area contributed by atoms with Crippen molar-refractivity contribution in [1.29, 1.82) is 10.5 Å². The summed E-state index contributed by atoms with van der Waals surface area (Å²) < 4.78 is 5.64. The molecule has 2 rings (SSSR count). The number of rotatable bonds is 6. The van der Waals surface area contributed by atoms with Crippen molar-refractivity contribution in [3.8, 4) is 29.0 Å². The van der Waals surface area contributed by atoms with Crippen molar-refractivity contribution < 1.29 is 4.74 Å². The lowest BCUT2D eigenvalue weighted by Crippen LogP contribution is -2.16. The third kappa shape index (κ3) is 3.56. The number of nitriles is 2. The third-order valence-corrected chi connectivity index (χ3v) is 3.63. The number of aromatic nitrogens is 1. The molecule has 0 saturated heterocycles. The Hall–Kier alpha value is -3.25. The van der Waals surface area contributed by atoms with Crippen LogP contribution in [0.2, 0.25) is 0 Å². The van der Waals surface area contributed by atoms with Crippen molar-refractivity contribution in [2.24, 2.45) is 0 Å². The first-order valence-corrected chi connectivity index (χ1v) is 7.71. The Balaban J connectivity index is 2.38. The van der Waals surface area contributed by atoms with Gasteiger partial charge in [0, 0.05) is 5.56 Å². The first kappa shape index (κ1) is 17.1. The predicted molar refractivity (Wildman–Crippen MR) is 91.4 cm³/mol. The summed E-state index contributed by atoms with van der Waals surface area (Å²) in [5.41, 5.74) is 5.88. The molecule has 0 aliphatic heterocycles. The molecule has 3 N–H and O–H groups in total. The number of nitrogens with two attached hydrogens (primary N) is 1. The van der Waals surface area contributed by atoms with Crippen molar-refractivity contribution in [2.75, 3.05) is 12.3 Å². The molecule has 24 heavy (non-hydrogen) atoms. The second-order valence-corrected chi connectivity index (χ2v) is 5.30. The smallest absolute Gasteiger partial charge is 0.268 e. The Morgan fingerprint density at radius 1 is 1.12 bits per heavy atom. The largest absolute Gasteiger partial charge is 0.494 e. The number of benzene rings is 1. The molecule has 0 bridgehead atoms. The molecule has 0 aliphatic rings. The van der Waals surface area contributed by atoms with Crippen LogP contribution in [0.3, 0.4) is 0 Å². The standard InChI is InChI=1S/C18H18N4O2/c1-2-3-4-9-24-13-7-5-12(6-8-13)16-14(10-19)17(21)22-18(23)15(16)11-20/h5-8H,2-4,9H2,1H3,(H3,21,22,23). The Bertz CT molecular complexity index is 855. The number of ether oxygens (including phenoxy) is 1. The number of hydrogen-bond donors (Lipinski definition) is 2. The molecule has 0 saturated carbocycles. The molecule has 6 heteroatoms. The van der Waals surface area contributed by atoms with Crippen molar-refractivity contribution in [1.82, 2.24) is 4.98 Å². The second-order valence-electron chi connectivity index (χ2n) is 5.30. The van der Waals surface area contributed by atoms with Gasteiger partial charge in [-0.25, -0.2) is 0 Å². The van der Waals surface area contributed by atoms with E-state index >= 15 is 0 Å². The molecule has 6 nitrogen and oxygen atoms in total. The van der Waals surface area contributed by atoms with Gasteiger partial charge < -0.3 is 15.5 Å². The lowest BCUT2D eigenvalue weighted by molar-refractivity contribution is 0.306. The molecule has 0 spiro atoms. The van der Waals surface area contributed by atoms with Crippen LogP contribution in [-0.2, 0) is 0 Å². The monoisotopic (exact) mass is 322 g/mol. The molecule has 0 radical (unpaired) electrons. The van der Waals surface area contributed by atoms with E-state index in [-0.39, 0.29) is 22.5 Å². The van der Waals surface area contributed by atoms with Crippen LogP contribution in [0.25, 0.3) is 11.1 Å². The van der Waals surface area contributed by atoms with E-state index in [4.69, 9.17) is 10.5 Å². The van der Waals surface area contributed by atoms with E-state index in [1.165, 1.54) is 0 Å². The van der Waals surface area contributed by atoms with E-state index in [2.05, 4.69) is 11.9 Å². The van der Waals surface area contributed by atoms with Crippen LogP contribution in [0.4, 0.5) is 5.82 Å². The first-order valence-electron chi connectivity index (χ1n) is 7.71. The summed E-state index contributed by atoms with van der Waals surface area (Å²) >= 11 is 0. The highest BCUT2D eigenvalue weighted by Crippen LogP contribution is 2.29. The number of nitrogens with zero attached hydrogens (tertiary/aromatic N) is 2. The molecule has 0 atom stereocenters. The number of aromatic amines is 1. The van der Waals surface area contributed by atoms with Gasteiger partial charge in [0.25, 0.3) is 5.56 Å². The fourth-order valence-corrected chi connectivity index (χ4v) is 2.39. The lowest BCUT2D eigenvalue weighted by atomic mass is 9.96. The van der Waals surface area contributed by atoms with Gasteiger partial charge in [-0.05, 0) is 24.1 Å². The molecule has 0 aliphatic carbocycles. The summed E-state index contributed by atoms with van der Waals surface area (Å²) in [4.78, 5) is 14.2. The fraction of sp³-hybridized carbons (Fsp3) is 0.278. The van der Waals surface area contributed by atoms with E-state index in [0.29, 0.717) is 17.9 Å². The van der Waals surface area contributed by atoms with Gasteiger partial charge in [-0.3, -0.25) is 4.79 Å². The average molecular weight is 322 g/mol.